The maximum absolute atomic E-state index is 10.9. The maximum atomic E-state index is 10.9. The van der Waals surface area contributed by atoms with E-state index < -0.39 is 0 Å². The minimum Gasteiger partial charge on any atom is -0.294 e. The highest BCUT2D eigenvalue weighted by Crippen LogP contribution is 2.02. The lowest BCUT2D eigenvalue weighted by Gasteiger charge is -1.98. The minimum atomic E-state index is -0.0394. The van der Waals surface area contributed by atoms with Crippen LogP contribution in [0.1, 0.15) is 28.8 Å². The fourth-order valence-electron chi connectivity index (χ4n) is 0.875. The summed E-state index contributed by atoms with van der Waals surface area (Å²) in [5, 5.41) is 0. The Kier molecular flexibility index (Phi) is 1.98. The quantitative estimate of drug-likeness (QED) is 0.561. The van der Waals surface area contributed by atoms with E-state index in [0.717, 1.165) is 0 Å². The molecule has 0 saturated heterocycles. The third kappa shape index (κ3) is 1.61. The summed E-state index contributed by atoms with van der Waals surface area (Å²) in [5.74, 6) is 0.606. The van der Waals surface area contributed by atoms with Gasteiger partial charge >= 0.3 is 0 Å². The van der Waals surface area contributed by atoms with Gasteiger partial charge in [0.05, 0.1) is 11.3 Å². The number of aromatic nitrogens is 2. The van der Waals surface area contributed by atoms with Gasteiger partial charge in [0.2, 0.25) is 0 Å². The fourth-order valence-corrected chi connectivity index (χ4v) is 0.875. The van der Waals surface area contributed by atoms with Crippen LogP contribution in [0.2, 0.25) is 0 Å². The smallest absolute Gasteiger partial charge is 0.163 e. The van der Waals surface area contributed by atoms with Gasteiger partial charge < -0.3 is 0 Å². The van der Waals surface area contributed by atoms with Crippen LogP contribution in [-0.4, -0.2) is 15.8 Å². The van der Waals surface area contributed by atoms with Crippen LogP contribution in [0.3, 0.4) is 0 Å². The van der Waals surface area contributed by atoms with Crippen molar-refractivity contribution in [2.24, 2.45) is 0 Å². The van der Waals surface area contributed by atoms with E-state index in [2.05, 4.69) is 16.2 Å². The van der Waals surface area contributed by atoms with Gasteiger partial charge in [-0.2, -0.15) is 0 Å². The van der Waals surface area contributed by atoms with E-state index in [4.69, 9.17) is 0 Å². The molecule has 0 saturated carbocycles. The minimum absolute atomic E-state index is 0.0394. The lowest BCUT2D eigenvalue weighted by Crippen LogP contribution is -2.02. The number of rotatable bonds is 1. The van der Waals surface area contributed by atoms with Crippen LogP contribution in [0.4, 0.5) is 0 Å². The van der Waals surface area contributed by atoms with E-state index in [9.17, 15) is 4.79 Å². The molecule has 1 radical (unpaired) electrons. The Morgan fingerprint density at radius 2 is 2.09 bits per heavy atom. The summed E-state index contributed by atoms with van der Waals surface area (Å²) in [6.07, 6.45) is 2.64. The van der Waals surface area contributed by atoms with Crippen molar-refractivity contribution in [1.29, 1.82) is 0 Å². The molecule has 3 heteroatoms. The van der Waals surface area contributed by atoms with E-state index in [1.165, 1.54) is 6.92 Å². The van der Waals surface area contributed by atoms with Crippen molar-refractivity contribution >= 4 is 5.78 Å². The Morgan fingerprint density at radius 3 is 2.55 bits per heavy atom. The topological polar surface area (TPSA) is 42.9 Å². The zero-order valence-corrected chi connectivity index (χ0v) is 6.80. The van der Waals surface area contributed by atoms with Crippen molar-refractivity contribution in [3.63, 3.8) is 0 Å². The molecule has 1 aromatic rings. The Bertz CT molecular complexity index is 294. The average molecular weight is 149 g/mol. The Labute approximate surface area is 65.5 Å². The summed E-state index contributed by atoms with van der Waals surface area (Å²) in [6.45, 7) is 5.03. The predicted octanol–water partition coefficient (Wildman–Crippen LogP) is 1.10. The first-order chi connectivity index (χ1) is 5.11. The van der Waals surface area contributed by atoms with Crippen molar-refractivity contribution in [2.45, 2.75) is 20.8 Å². The normalized spacial score (nSPS) is 9.73. The van der Waals surface area contributed by atoms with E-state index in [0.29, 0.717) is 17.1 Å². The number of carbonyl (C=O) groups is 1. The van der Waals surface area contributed by atoms with Crippen LogP contribution in [0.15, 0.2) is 0 Å². The highest BCUT2D eigenvalue weighted by Gasteiger charge is 2.05. The third-order valence-electron chi connectivity index (χ3n) is 1.37. The number of carbonyl (C=O) groups excluding carboxylic acids is 1. The van der Waals surface area contributed by atoms with Gasteiger partial charge in [-0.15, -0.1) is 0 Å². The summed E-state index contributed by atoms with van der Waals surface area (Å²) in [4.78, 5) is 18.7. The largest absolute Gasteiger partial charge is 0.294 e. The summed E-state index contributed by atoms with van der Waals surface area (Å²) in [6, 6.07) is 0. The predicted molar refractivity (Wildman–Crippen MR) is 40.3 cm³/mol. The summed E-state index contributed by atoms with van der Waals surface area (Å²) in [5.41, 5.74) is 1.18. The van der Waals surface area contributed by atoms with Gasteiger partial charge in [0.25, 0.3) is 0 Å². The first-order valence-corrected chi connectivity index (χ1v) is 3.35. The molecule has 0 aromatic carbocycles. The fraction of sp³-hybridized carbons (Fsp3) is 0.375. The molecule has 0 fully saturated rings. The molecule has 0 spiro atoms. The molecule has 1 aromatic heterocycles. The molecule has 1 heterocycles. The Morgan fingerprint density at radius 1 is 1.45 bits per heavy atom. The molecule has 0 unspecified atom stereocenters. The second kappa shape index (κ2) is 2.78. The third-order valence-corrected chi connectivity index (χ3v) is 1.37. The Balaban J connectivity index is 3.20. The number of hydrogen-bond donors (Lipinski definition) is 0. The highest BCUT2D eigenvalue weighted by atomic mass is 16.1. The average Bonchev–Trinajstić information content (AvgIpc) is 1.85. The van der Waals surface area contributed by atoms with Gasteiger partial charge in [0.15, 0.2) is 5.78 Å². The second-order valence-corrected chi connectivity index (χ2v) is 2.40. The SMILES string of the molecule is CC(=O)c1[c]nc(C)nc1C. The van der Waals surface area contributed by atoms with Gasteiger partial charge in [-0.1, -0.05) is 0 Å². The zero-order chi connectivity index (χ0) is 8.43. The van der Waals surface area contributed by atoms with Crippen molar-refractivity contribution in [3.05, 3.63) is 23.3 Å². The molecule has 57 valence electrons. The lowest BCUT2D eigenvalue weighted by atomic mass is 10.2. The van der Waals surface area contributed by atoms with Crippen molar-refractivity contribution in [2.75, 3.05) is 0 Å². The lowest BCUT2D eigenvalue weighted by molar-refractivity contribution is 0.101. The van der Waals surface area contributed by atoms with Gasteiger partial charge in [0.1, 0.15) is 12.0 Å². The first-order valence-electron chi connectivity index (χ1n) is 3.35. The molecule has 0 N–H and O–H groups in total. The molecule has 1 rings (SSSR count). The van der Waals surface area contributed by atoms with Crippen LogP contribution < -0.4 is 0 Å². The van der Waals surface area contributed by atoms with E-state index in [1.807, 2.05) is 0 Å². The van der Waals surface area contributed by atoms with Gasteiger partial charge in [-0.05, 0) is 20.8 Å². The van der Waals surface area contributed by atoms with Gasteiger partial charge in [-0.25, -0.2) is 9.97 Å². The molecule has 0 amide bonds. The number of nitrogens with zero attached hydrogens (tertiary/aromatic N) is 2. The summed E-state index contributed by atoms with van der Waals surface area (Å²) in [7, 11) is 0. The Hall–Kier alpha value is -1.25. The maximum Gasteiger partial charge on any atom is 0.163 e. The zero-order valence-electron chi connectivity index (χ0n) is 6.80. The highest BCUT2D eigenvalue weighted by molar-refractivity contribution is 5.94. The monoisotopic (exact) mass is 149 g/mol. The van der Waals surface area contributed by atoms with E-state index in [1.54, 1.807) is 13.8 Å². The number of ketones is 1. The molecule has 3 nitrogen and oxygen atoms in total. The molecule has 0 bridgehead atoms. The molecular weight excluding hydrogens is 140 g/mol. The van der Waals surface area contributed by atoms with E-state index in [-0.39, 0.29) is 5.78 Å². The van der Waals surface area contributed by atoms with Crippen LogP contribution >= 0.6 is 0 Å². The van der Waals surface area contributed by atoms with Crippen molar-refractivity contribution in [1.82, 2.24) is 9.97 Å². The van der Waals surface area contributed by atoms with Gasteiger partial charge in [-0.3, -0.25) is 4.79 Å². The first kappa shape index (κ1) is 7.85. The standard InChI is InChI=1S/C8H9N2O/c1-5-8(6(2)11)4-9-7(3)10-5/h1-3H3. The van der Waals surface area contributed by atoms with Gasteiger partial charge in [0, 0.05) is 0 Å². The molecule has 11 heavy (non-hydrogen) atoms. The molecule has 0 aliphatic heterocycles. The molecule has 0 aliphatic rings. The number of Topliss-reactive ketones (excluding diaryl/α,β-unsaturated/α-hetero) is 1. The van der Waals surface area contributed by atoms with Crippen molar-refractivity contribution in [3.8, 4) is 0 Å². The summed E-state index contributed by atoms with van der Waals surface area (Å²) < 4.78 is 0. The molecule has 0 atom stereocenters. The molecule has 0 aliphatic carbocycles. The number of hydrogen-bond acceptors (Lipinski definition) is 3. The second-order valence-electron chi connectivity index (χ2n) is 2.40. The molecular formula is C8H9N2O. The number of aryl methyl sites for hydroxylation is 2. The van der Waals surface area contributed by atoms with Crippen LogP contribution in [0.25, 0.3) is 0 Å². The van der Waals surface area contributed by atoms with Crippen LogP contribution in [0, 0.1) is 20.0 Å². The van der Waals surface area contributed by atoms with Crippen LogP contribution in [-0.2, 0) is 0 Å². The summed E-state index contributed by atoms with van der Waals surface area (Å²) >= 11 is 0. The van der Waals surface area contributed by atoms with Crippen molar-refractivity contribution < 1.29 is 4.79 Å². The van der Waals surface area contributed by atoms with E-state index >= 15 is 0 Å². The van der Waals surface area contributed by atoms with Crippen LogP contribution in [0.5, 0.6) is 0 Å².